The Labute approximate surface area is 96.3 Å². The molecular formula is C7H2BrCl2F2NO. The van der Waals surface area contributed by atoms with Crippen molar-refractivity contribution in [2.45, 2.75) is 6.43 Å². The molecule has 0 atom stereocenters. The van der Waals surface area contributed by atoms with Crippen LogP contribution in [0.4, 0.5) is 8.78 Å². The first-order valence-corrected chi connectivity index (χ1v) is 4.82. The van der Waals surface area contributed by atoms with Gasteiger partial charge in [0.1, 0.15) is 5.15 Å². The van der Waals surface area contributed by atoms with Crippen LogP contribution in [0.15, 0.2) is 10.7 Å². The summed E-state index contributed by atoms with van der Waals surface area (Å²) in [6.45, 7) is 0. The lowest BCUT2D eigenvalue weighted by molar-refractivity contribution is 0.106. The van der Waals surface area contributed by atoms with Gasteiger partial charge in [-0.3, -0.25) is 4.79 Å². The monoisotopic (exact) mass is 303 g/mol. The summed E-state index contributed by atoms with van der Waals surface area (Å²) in [7, 11) is 0. The third-order valence-electron chi connectivity index (χ3n) is 1.44. The van der Waals surface area contributed by atoms with E-state index in [1.54, 1.807) is 0 Å². The molecule has 0 bridgehead atoms. The number of hydrogen-bond donors (Lipinski definition) is 0. The Morgan fingerprint density at radius 1 is 1.57 bits per heavy atom. The van der Waals surface area contributed by atoms with Crippen LogP contribution in [0.3, 0.4) is 0 Å². The normalized spacial score (nSPS) is 10.7. The quantitative estimate of drug-likeness (QED) is 0.614. The van der Waals surface area contributed by atoms with E-state index in [0.717, 1.165) is 6.20 Å². The van der Waals surface area contributed by atoms with E-state index in [1.807, 2.05) is 0 Å². The average Bonchev–Trinajstić information content (AvgIpc) is 2.08. The molecule has 0 unspecified atom stereocenters. The lowest BCUT2D eigenvalue weighted by atomic mass is 10.1. The van der Waals surface area contributed by atoms with Crippen LogP contribution < -0.4 is 0 Å². The zero-order valence-corrected chi connectivity index (χ0v) is 9.50. The highest BCUT2D eigenvalue weighted by Crippen LogP contribution is 2.34. The second-order valence-electron chi connectivity index (χ2n) is 2.26. The van der Waals surface area contributed by atoms with Crippen LogP contribution >= 0.6 is 39.1 Å². The summed E-state index contributed by atoms with van der Waals surface area (Å²) >= 11 is 13.4. The van der Waals surface area contributed by atoms with Crippen molar-refractivity contribution < 1.29 is 13.6 Å². The summed E-state index contributed by atoms with van der Waals surface area (Å²) in [6.07, 6.45) is -1.92. The van der Waals surface area contributed by atoms with Gasteiger partial charge in [0.15, 0.2) is 0 Å². The number of nitrogens with zero attached hydrogens (tertiary/aromatic N) is 1. The Bertz CT molecular complexity index is 386. The summed E-state index contributed by atoms with van der Waals surface area (Å²) in [5, 5.41) is -1.13. The molecule has 14 heavy (non-hydrogen) atoms. The number of carbonyl (C=O) groups excluding carboxylic acids is 1. The van der Waals surface area contributed by atoms with Crippen molar-refractivity contribution in [3.05, 3.63) is 26.9 Å². The molecule has 1 heterocycles. The Morgan fingerprint density at radius 3 is 2.57 bits per heavy atom. The molecule has 7 heteroatoms. The average molecular weight is 305 g/mol. The summed E-state index contributed by atoms with van der Waals surface area (Å²) in [4.78, 5) is 14.3. The number of rotatable bonds is 2. The number of alkyl halides is 2. The summed E-state index contributed by atoms with van der Waals surface area (Å²) < 4.78 is 24.9. The second kappa shape index (κ2) is 4.51. The number of halogens is 5. The fraction of sp³-hybridized carbons (Fsp3) is 0.143. The van der Waals surface area contributed by atoms with Gasteiger partial charge in [0.25, 0.3) is 11.7 Å². The molecule has 1 rings (SSSR count). The molecule has 0 amide bonds. The molecule has 0 spiro atoms. The lowest BCUT2D eigenvalue weighted by Crippen LogP contribution is -2.01. The molecule has 0 N–H and O–H groups in total. The molecule has 76 valence electrons. The van der Waals surface area contributed by atoms with E-state index in [-0.39, 0.29) is 15.2 Å². The van der Waals surface area contributed by atoms with Gasteiger partial charge in [-0.2, -0.15) is 0 Å². The molecule has 0 saturated carbocycles. The van der Waals surface area contributed by atoms with Gasteiger partial charge in [0, 0.05) is 11.8 Å². The van der Waals surface area contributed by atoms with Crippen molar-refractivity contribution in [2.24, 2.45) is 0 Å². The van der Waals surface area contributed by atoms with Crippen LogP contribution in [0.2, 0.25) is 5.15 Å². The molecule has 2 nitrogen and oxygen atoms in total. The first kappa shape index (κ1) is 11.8. The van der Waals surface area contributed by atoms with Crippen molar-refractivity contribution in [3.63, 3.8) is 0 Å². The highest BCUT2D eigenvalue weighted by molar-refractivity contribution is 9.10. The molecule has 0 aliphatic heterocycles. The van der Waals surface area contributed by atoms with Gasteiger partial charge in [0.2, 0.25) is 0 Å². The van der Waals surface area contributed by atoms with E-state index in [9.17, 15) is 13.6 Å². The third kappa shape index (κ3) is 2.21. The maximum absolute atomic E-state index is 12.5. The maximum Gasteiger partial charge on any atom is 0.265 e. The van der Waals surface area contributed by atoms with Crippen molar-refractivity contribution in [1.82, 2.24) is 4.98 Å². The Hall–Kier alpha value is -0.260. The number of aromatic nitrogens is 1. The largest absolute Gasteiger partial charge is 0.276 e. The topological polar surface area (TPSA) is 30.0 Å². The first-order chi connectivity index (χ1) is 6.45. The van der Waals surface area contributed by atoms with Gasteiger partial charge in [0.05, 0.1) is 10.0 Å². The van der Waals surface area contributed by atoms with E-state index >= 15 is 0 Å². The van der Waals surface area contributed by atoms with Crippen LogP contribution in [-0.2, 0) is 0 Å². The molecule has 1 aromatic rings. The van der Waals surface area contributed by atoms with E-state index < -0.39 is 17.2 Å². The summed E-state index contributed by atoms with van der Waals surface area (Å²) in [6, 6.07) is 0. The van der Waals surface area contributed by atoms with Crippen LogP contribution in [-0.4, -0.2) is 10.2 Å². The fourth-order valence-corrected chi connectivity index (χ4v) is 1.64. The minimum Gasteiger partial charge on any atom is -0.276 e. The number of pyridine rings is 1. The molecule has 0 fully saturated rings. The Balaban J connectivity index is 3.45. The highest BCUT2D eigenvalue weighted by atomic mass is 79.9. The highest BCUT2D eigenvalue weighted by Gasteiger charge is 2.22. The van der Waals surface area contributed by atoms with Gasteiger partial charge in [-0.25, -0.2) is 13.8 Å². The van der Waals surface area contributed by atoms with E-state index in [4.69, 9.17) is 23.2 Å². The van der Waals surface area contributed by atoms with Gasteiger partial charge < -0.3 is 0 Å². The van der Waals surface area contributed by atoms with Crippen LogP contribution in [0.25, 0.3) is 0 Å². The predicted octanol–water partition coefficient (Wildman–Crippen LogP) is 3.81. The third-order valence-corrected chi connectivity index (χ3v) is 2.97. The number of carbonyl (C=O) groups is 1. The second-order valence-corrected chi connectivity index (χ2v) is 3.76. The molecule has 0 aromatic carbocycles. The number of hydrogen-bond acceptors (Lipinski definition) is 2. The minimum absolute atomic E-state index is 0.110. The van der Waals surface area contributed by atoms with Crippen molar-refractivity contribution >= 4 is 44.4 Å². The van der Waals surface area contributed by atoms with E-state index in [0.29, 0.717) is 0 Å². The summed E-state index contributed by atoms with van der Waals surface area (Å²) in [5.41, 5.74) is -0.886. The smallest absolute Gasteiger partial charge is 0.265 e. The predicted molar refractivity (Wildman–Crippen MR) is 52.1 cm³/mol. The van der Waals surface area contributed by atoms with Crippen molar-refractivity contribution in [1.29, 1.82) is 0 Å². The van der Waals surface area contributed by atoms with Gasteiger partial charge in [-0.15, -0.1) is 0 Å². The van der Waals surface area contributed by atoms with Crippen LogP contribution in [0.1, 0.15) is 22.3 Å². The SMILES string of the molecule is O=C(Cl)c1cnc(Cl)c(Br)c1C(F)F. The molecule has 0 saturated heterocycles. The van der Waals surface area contributed by atoms with Crippen LogP contribution in [0, 0.1) is 0 Å². The standard InChI is InChI=1S/C7H2BrCl2F2NO/c8-4-3(7(11)12)2(6(10)14)1-13-5(4)9/h1,7H. The van der Waals surface area contributed by atoms with Gasteiger partial charge >= 0.3 is 0 Å². The molecule has 0 aliphatic rings. The van der Waals surface area contributed by atoms with Crippen molar-refractivity contribution in [3.8, 4) is 0 Å². The maximum atomic E-state index is 12.5. The Kier molecular flexibility index (Phi) is 3.80. The minimum atomic E-state index is -2.84. The molecule has 0 radical (unpaired) electrons. The van der Waals surface area contributed by atoms with Gasteiger partial charge in [-0.1, -0.05) is 11.6 Å². The Morgan fingerprint density at radius 2 is 2.14 bits per heavy atom. The first-order valence-electron chi connectivity index (χ1n) is 3.27. The van der Waals surface area contributed by atoms with E-state index in [2.05, 4.69) is 20.9 Å². The molecule has 0 aliphatic carbocycles. The van der Waals surface area contributed by atoms with Gasteiger partial charge in [-0.05, 0) is 27.5 Å². The van der Waals surface area contributed by atoms with E-state index in [1.165, 1.54) is 0 Å². The summed E-state index contributed by atoms with van der Waals surface area (Å²) in [5.74, 6) is 0. The van der Waals surface area contributed by atoms with Crippen LogP contribution in [0.5, 0.6) is 0 Å². The fourth-order valence-electron chi connectivity index (χ4n) is 0.847. The van der Waals surface area contributed by atoms with Crippen molar-refractivity contribution in [2.75, 3.05) is 0 Å². The zero-order valence-electron chi connectivity index (χ0n) is 6.40. The lowest BCUT2D eigenvalue weighted by Gasteiger charge is -2.07. The molecule has 1 aromatic heterocycles. The zero-order chi connectivity index (χ0) is 10.9. The molecular weight excluding hydrogens is 303 g/mol.